The van der Waals surface area contributed by atoms with Crippen molar-refractivity contribution in [3.8, 4) is 10.8 Å². The third-order valence-corrected chi connectivity index (χ3v) is 5.44. The second kappa shape index (κ2) is 12.4. The van der Waals surface area contributed by atoms with Gasteiger partial charge in [0.15, 0.2) is 5.96 Å². The maximum absolute atomic E-state index is 5.54. The average Bonchev–Trinajstić information content (AvgIpc) is 3.29. The van der Waals surface area contributed by atoms with Gasteiger partial charge in [0.2, 0.25) is 5.89 Å². The van der Waals surface area contributed by atoms with Crippen LogP contribution in [0.1, 0.15) is 37.8 Å². The van der Waals surface area contributed by atoms with E-state index < -0.39 is 0 Å². The Labute approximate surface area is 182 Å². The summed E-state index contributed by atoms with van der Waals surface area (Å²) in [6, 6.07) is 4.01. The van der Waals surface area contributed by atoms with Crippen LogP contribution in [0.25, 0.3) is 10.8 Å². The predicted octanol–water partition coefficient (Wildman–Crippen LogP) is 3.95. The van der Waals surface area contributed by atoms with Crippen LogP contribution in [0.4, 0.5) is 0 Å². The minimum Gasteiger partial charge on any atom is -0.443 e. The molecule has 0 radical (unpaired) electrons. The van der Waals surface area contributed by atoms with Gasteiger partial charge in [-0.2, -0.15) is 0 Å². The van der Waals surface area contributed by atoms with Crippen LogP contribution in [0.2, 0.25) is 0 Å². The van der Waals surface area contributed by atoms with E-state index in [1.165, 1.54) is 38.8 Å². The predicted molar refractivity (Wildman–Crippen MR) is 123 cm³/mol. The van der Waals surface area contributed by atoms with Crippen molar-refractivity contribution in [2.75, 3.05) is 33.2 Å². The highest BCUT2D eigenvalue weighted by atomic mass is 127. The van der Waals surface area contributed by atoms with Gasteiger partial charge in [0.25, 0.3) is 0 Å². The number of hydrogen-bond acceptors (Lipinski definition) is 5. The number of nitrogens with zero attached hydrogens (tertiary/aromatic N) is 3. The normalized spacial score (nSPS) is 15.8. The lowest BCUT2D eigenvalue weighted by molar-refractivity contribution is 0.282. The zero-order valence-electron chi connectivity index (χ0n) is 15.9. The Kier molecular flexibility index (Phi) is 10.1. The first-order valence-electron chi connectivity index (χ1n) is 9.50. The zero-order valence-corrected chi connectivity index (χ0v) is 19.1. The van der Waals surface area contributed by atoms with Gasteiger partial charge in [0.1, 0.15) is 6.26 Å². The van der Waals surface area contributed by atoms with E-state index in [0.29, 0.717) is 12.4 Å². The summed E-state index contributed by atoms with van der Waals surface area (Å²) >= 11 is 1.63. The monoisotopic (exact) mass is 503 g/mol. The van der Waals surface area contributed by atoms with Gasteiger partial charge in [-0.1, -0.05) is 18.9 Å². The van der Waals surface area contributed by atoms with Crippen LogP contribution in [0.15, 0.2) is 33.2 Å². The van der Waals surface area contributed by atoms with E-state index >= 15 is 0 Å². The highest BCUT2D eigenvalue weighted by molar-refractivity contribution is 14.0. The molecule has 3 rings (SSSR count). The van der Waals surface area contributed by atoms with Crippen LogP contribution in [0.5, 0.6) is 0 Å². The molecule has 150 valence electrons. The minimum atomic E-state index is 0. The Morgan fingerprint density at radius 3 is 2.78 bits per heavy atom. The third kappa shape index (κ3) is 7.42. The second-order valence-electron chi connectivity index (χ2n) is 6.58. The number of oxazole rings is 1. The Morgan fingerprint density at radius 1 is 1.26 bits per heavy atom. The van der Waals surface area contributed by atoms with Crippen molar-refractivity contribution >= 4 is 41.3 Å². The van der Waals surface area contributed by atoms with Gasteiger partial charge in [0, 0.05) is 13.6 Å². The van der Waals surface area contributed by atoms with E-state index in [1.807, 2.05) is 17.5 Å². The molecule has 0 saturated carbocycles. The van der Waals surface area contributed by atoms with Gasteiger partial charge in [-0.05, 0) is 50.3 Å². The molecule has 6 nitrogen and oxygen atoms in total. The lowest BCUT2D eigenvalue weighted by Crippen LogP contribution is -2.38. The lowest BCUT2D eigenvalue weighted by Gasteiger charge is -2.20. The molecule has 2 N–H and O–H groups in total. The number of nitrogens with one attached hydrogen (secondary N) is 2. The van der Waals surface area contributed by atoms with Crippen LogP contribution in [0, 0.1) is 0 Å². The highest BCUT2D eigenvalue weighted by Gasteiger charge is 2.09. The fourth-order valence-corrected chi connectivity index (χ4v) is 3.82. The Balaban J connectivity index is 0.00000261. The van der Waals surface area contributed by atoms with Crippen LogP contribution >= 0.6 is 35.3 Å². The summed E-state index contributed by atoms with van der Waals surface area (Å²) in [6.07, 6.45) is 8.31. The fraction of sp³-hybridized carbons (Fsp3) is 0.579. The molecular formula is C19H30IN5OS. The quantitative estimate of drug-likeness (QED) is 0.259. The summed E-state index contributed by atoms with van der Waals surface area (Å²) in [7, 11) is 1.80. The Hall–Kier alpha value is -1.13. The Morgan fingerprint density at radius 2 is 2.07 bits per heavy atom. The van der Waals surface area contributed by atoms with Gasteiger partial charge in [0.05, 0.1) is 17.1 Å². The number of aliphatic imine (C=N–C) groups is 1. The average molecular weight is 503 g/mol. The molecule has 1 fully saturated rings. The van der Waals surface area contributed by atoms with Crippen molar-refractivity contribution in [3.05, 3.63) is 29.5 Å². The highest BCUT2D eigenvalue weighted by Crippen LogP contribution is 2.23. The van der Waals surface area contributed by atoms with Crippen LogP contribution in [0.3, 0.4) is 0 Å². The summed E-state index contributed by atoms with van der Waals surface area (Å²) < 4.78 is 5.54. The maximum atomic E-state index is 5.54. The molecule has 27 heavy (non-hydrogen) atoms. The standard InChI is InChI=1S/C19H29N5OS.HI/c1-20-19(21-9-7-12-24-10-4-2-3-5-11-24)22-14-16-15-25-18(23-16)17-8-6-13-26-17;/h6,8,13,15H,2-5,7,9-12,14H2,1H3,(H2,20,21,22);1H. The van der Waals surface area contributed by atoms with Crippen molar-refractivity contribution in [3.63, 3.8) is 0 Å². The molecule has 1 saturated heterocycles. The second-order valence-corrected chi connectivity index (χ2v) is 7.53. The van der Waals surface area contributed by atoms with Crippen molar-refractivity contribution < 1.29 is 4.42 Å². The summed E-state index contributed by atoms with van der Waals surface area (Å²) in [5.41, 5.74) is 0.876. The van der Waals surface area contributed by atoms with Crippen molar-refractivity contribution in [1.29, 1.82) is 0 Å². The number of rotatable bonds is 7. The molecule has 0 unspecified atom stereocenters. The van der Waals surface area contributed by atoms with E-state index in [-0.39, 0.29) is 24.0 Å². The molecule has 2 aromatic heterocycles. The van der Waals surface area contributed by atoms with E-state index in [1.54, 1.807) is 24.6 Å². The van der Waals surface area contributed by atoms with Crippen molar-refractivity contribution in [1.82, 2.24) is 20.5 Å². The van der Waals surface area contributed by atoms with Gasteiger partial charge >= 0.3 is 0 Å². The number of hydrogen-bond donors (Lipinski definition) is 2. The molecular weight excluding hydrogens is 473 g/mol. The maximum Gasteiger partial charge on any atom is 0.236 e. The minimum absolute atomic E-state index is 0. The first-order chi connectivity index (χ1) is 12.8. The number of halogens is 1. The number of aromatic nitrogens is 1. The van der Waals surface area contributed by atoms with E-state index in [2.05, 4.69) is 25.5 Å². The molecule has 3 heterocycles. The fourth-order valence-electron chi connectivity index (χ4n) is 3.17. The van der Waals surface area contributed by atoms with Gasteiger partial charge < -0.3 is 20.0 Å². The summed E-state index contributed by atoms with van der Waals surface area (Å²) in [4.78, 5) is 12.4. The largest absolute Gasteiger partial charge is 0.443 e. The third-order valence-electron chi connectivity index (χ3n) is 4.59. The van der Waals surface area contributed by atoms with Crippen molar-refractivity contribution in [2.45, 2.75) is 38.6 Å². The molecule has 8 heteroatoms. The number of guanidine groups is 1. The number of likely N-dealkylation sites (tertiary alicyclic amines) is 1. The molecule has 0 aromatic carbocycles. The lowest BCUT2D eigenvalue weighted by atomic mass is 10.2. The van der Waals surface area contributed by atoms with E-state index in [9.17, 15) is 0 Å². The molecule has 2 aromatic rings. The number of thiophene rings is 1. The molecule has 0 spiro atoms. The first kappa shape index (κ1) is 22.2. The smallest absolute Gasteiger partial charge is 0.236 e. The molecule has 0 atom stereocenters. The van der Waals surface area contributed by atoms with Gasteiger partial charge in [-0.25, -0.2) is 4.98 Å². The molecule has 0 aliphatic carbocycles. The SMILES string of the molecule is CN=C(NCCCN1CCCCCC1)NCc1coc(-c2cccs2)n1.I. The molecule has 0 bridgehead atoms. The first-order valence-corrected chi connectivity index (χ1v) is 10.4. The van der Waals surface area contributed by atoms with Crippen LogP contribution < -0.4 is 10.6 Å². The van der Waals surface area contributed by atoms with Gasteiger partial charge in [-0.15, -0.1) is 35.3 Å². The summed E-state index contributed by atoms with van der Waals surface area (Å²) in [5, 5.41) is 8.71. The topological polar surface area (TPSA) is 65.7 Å². The van der Waals surface area contributed by atoms with Gasteiger partial charge in [-0.3, -0.25) is 4.99 Å². The van der Waals surface area contributed by atoms with Crippen LogP contribution in [-0.4, -0.2) is 49.1 Å². The van der Waals surface area contributed by atoms with E-state index in [4.69, 9.17) is 4.42 Å². The van der Waals surface area contributed by atoms with Crippen molar-refractivity contribution in [2.24, 2.45) is 4.99 Å². The Bertz CT molecular complexity index is 665. The molecule has 1 aliphatic rings. The summed E-state index contributed by atoms with van der Waals surface area (Å²) in [5.74, 6) is 1.48. The molecule has 0 amide bonds. The van der Waals surface area contributed by atoms with E-state index in [0.717, 1.165) is 36.0 Å². The van der Waals surface area contributed by atoms with Crippen LogP contribution in [-0.2, 0) is 6.54 Å². The summed E-state index contributed by atoms with van der Waals surface area (Å²) in [6.45, 7) is 5.20. The zero-order chi connectivity index (χ0) is 18.0. The molecule has 1 aliphatic heterocycles.